The second-order valence-electron chi connectivity index (χ2n) is 4.85. The Labute approximate surface area is 149 Å². The zero-order valence-corrected chi connectivity index (χ0v) is 15.1. The molecule has 0 bridgehead atoms. The Morgan fingerprint density at radius 2 is 2.09 bits per heavy atom. The van der Waals surface area contributed by atoms with Crippen LogP contribution in [-0.4, -0.2) is 22.0 Å². The van der Waals surface area contributed by atoms with Gasteiger partial charge in [0, 0.05) is 45.3 Å². The number of aromatic nitrogens is 1. The van der Waals surface area contributed by atoms with E-state index < -0.39 is 11.6 Å². The van der Waals surface area contributed by atoms with Gasteiger partial charge in [-0.15, -0.1) is 12.1 Å². The van der Waals surface area contributed by atoms with Gasteiger partial charge in [0.2, 0.25) is 0 Å². The van der Waals surface area contributed by atoms with Crippen molar-refractivity contribution in [1.82, 2.24) is 4.98 Å². The van der Waals surface area contributed by atoms with Crippen molar-refractivity contribution < 1.29 is 39.7 Å². The average molecular weight is 501 g/mol. The van der Waals surface area contributed by atoms with Gasteiger partial charge >= 0.3 is 0 Å². The first-order chi connectivity index (χ1) is 10.4. The number of rotatable bonds is 4. The maximum Gasteiger partial charge on any atom is 0.129 e. The van der Waals surface area contributed by atoms with E-state index in [2.05, 4.69) is 11.1 Å². The Hall–Kier alpha value is -1.45. The Morgan fingerprint density at radius 3 is 2.52 bits per heavy atom. The molecule has 2 aromatic rings. The number of carbonyl (C=O) groups is 1. The van der Waals surface area contributed by atoms with Crippen molar-refractivity contribution in [2.75, 3.05) is 0 Å². The largest absolute Gasteiger partial charge is 0.393 e. The van der Waals surface area contributed by atoms with Crippen LogP contribution in [0.25, 0.3) is 11.3 Å². The first kappa shape index (κ1) is 21.5. The fraction of sp³-hybridized carbons (Fsp3) is 0.294. The standard InChI is InChI=1S/C11H6F2N.C6H12O2.Pt/c12-8-4-5-9(10(13)7-8)11-3-1-2-6-14-11;1-5(7)3-4-6(2)8;/h1-4,6-7H;5,7H,3-4H2,1-2H3;/q-1;;. The van der Waals surface area contributed by atoms with Crippen molar-refractivity contribution in [3.05, 3.63) is 54.2 Å². The number of aliphatic hydroxyl groups excluding tert-OH is 1. The first-order valence-corrected chi connectivity index (χ1v) is 6.85. The van der Waals surface area contributed by atoms with Gasteiger partial charge in [0.25, 0.3) is 0 Å². The summed E-state index contributed by atoms with van der Waals surface area (Å²) in [6, 6.07) is 9.53. The molecule has 6 heteroatoms. The van der Waals surface area contributed by atoms with Crippen LogP contribution < -0.4 is 0 Å². The van der Waals surface area contributed by atoms with Crippen LogP contribution >= 0.6 is 0 Å². The molecule has 0 saturated carbocycles. The van der Waals surface area contributed by atoms with Crippen molar-refractivity contribution in [3.63, 3.8) is 0 Å². The van der Waals surface area contributed by atoms with Gasteiger partial charge in [0.1, 0.15) is 5.78 Å². The molecule has 0 fully saturated rings. The monoisotopic (exact) mass is 501 g/mol. The van der Waals surface area contributed by atoms with E-state index in [1.165, 1.54) is 6.92 Å². The van der Waals surface area contributed by atoms with Crippen molar-refractivity contribution in [2.45, 2.75) is 32.8 Å². The molecular weight excluding hydrogens is 483 g/mol. The van der Waals surface area contributed by atoms with Crippen molar-refractivity contribution in [3.8, 4) is 11.3 Å². The Balaban J connectivity index is 0.000000469. The summed E-state index contributed by atoms with van der Waals surface area (Å²) in [5.74, 6) is -1.14. The van der Waals surface area contributed by atoms with E-state index >= 15 is 0 Å². The number of hydrogen-bond donors (Lipinski definition) is 1. The number of carbonyl (C=O) groups excluding carboxylic acids is 1. The van der Waals surface area contributed by atoms with Crippen molar-refractivity contribution >= 4 is 5.78 Å². The summed E-state index contributed by atoms with van der Waals surface area (Å²) < 4.78 is 25.8. The van der Waals surface area contributed by atoms with Gasteiger partial charge in [-0.25, -0.2) is 0 Å². The number of aliphatic hydroxyl groups is 1. The molecular formula is C17H18F2NO2Pt-. The number of benzene rings is 1. The maximum absolute atomic E-state index is 13.2. The van der Waals surface area contributed by atoms with E-state index in [0.717, 1.165) is 12.1 Å². The third kappa shape index (κ3) is 8.67. The summed E-state index contributed by atoms with van der Waals surface area (Å²) in [4.78, 5) is 14.2. The van der Waals surface area contributed by atoms with Gasteiger partial charge in [-0.2, -0.15) is 0 Å². The summed E-state index contributed by atoms with van der Waals surface area (Å²) in [6.07, 6.45) is 2.30. The number of pyridine rings is 1. The molecule has 128 valence electrons. The van der Waals surface area contributed by atoms with Gasteiger partial charge in [-0.1, -0.05) is 23.8 Å². The molecule has 0 saturated heterocycles. The summed E-state index contributed by atoms with van der Waals surface area (Å²) >= 11 is 0. The molecule has 3 nitrogen and oxygen atoms in total. The number of ketones is 1. The third-order valence-corrected chi connectivity index (χ3v) is 2.69. The van der Waals surface area contributed by atoms with Crippen LogP contribution in [0.5, 0.6) is 0 Å². The molecule has 0 spiro atoms. The molecule has 1 heterocycles. The van der Waals surface area contributed by atoms with Gasteiger partial charge in [-0.3, -0.25) is 8.78 Å². The molecule has 1 N–H and O–H groups in total. The van der Waals surface area contributed by atoms with Gasteiger partial charge in [-0.05, 0) is 32.0 Å². The fourth-order valence-electron chi connectivity index (χ4n) is 1.56. The zero-order valence-electron chi connectivity index (χ0n) is 12.8. The van der Waals surface area contributed by atoms with E-state index in [4.69, 9.17) is 5.11 Å². The molecule has 0 aliphatic rings. The van der Waals surface area contributed by atoms with E-state index in [0.29, 0.717) is 18.5 Å². The SMILES string of the molecule is CC(=O)CCC(C)O.Fc1c[c-]c(-c2ccccn2)c(F)c1.[Pt]. The van der Waals surface area contributed by atoms with Crippen LogP contribution in [0.15, 0.2) is 36.5 Å². The fourth-order valence-corrected chi connectivity index (χ4v) is 1.56. The number of hydrogen-bond acceptors (Lipinski definition) is 3. The summed E-state index contributed by atoms with van der Waals surface area (Å²) in [7, 11) is 0. The minimum absolute atomic E-state index is 0. The number of nitrogens with zero attached hydrogens (tertiary/aromatic N) is 1. The minimum atomic E-state index is -0.649. The predicted molar refractivity (Wildman–Crippen MR) is 80.0 cm³/mol. The summed E-state index contributed by atoms with van der Waals surface area (Å²) in [5.41, 5.74) is 0.636. The molecule has 1 aromatic carbocycles. The second-order valence-corrected chi connectivity index (χ2v) is 4.85. The normalized spacial score (nSPS) is 10.8. The zero-order chi connectivity index (χ0) is 16.5. The number of Topliss-reactive ketones (excluding diaryl/α,β-unsaturated/α-hetero) is 1. The Bertz CT molecular complexity index is 607. The molecule has 1 atom stereocenters. The average Bonchev–Trinajstić information content (AvgIpc) is 2.47. The van der Waals surface area contributed by atoms with E-state index in [9.17, 15) is 13.6 Å². The predicted octanol–water partition coefficient (Wildman–Crippen LogP) is 3.56. The summed E-state index contributed by atoms with van der Waals surface area (Å²) in [6.45, 7) is 3.21. The molecule has 1 unspecified atom stereocenters. The Morgan fingerprint density at radius 1 is 1.39 bits per heavy atom. The minimum Gasteiger partial charge on any atom is -0.393 e. The molecule has 23 heavy (non-hydrogen) atoms. The summed E-state index contributed by atoms with van der Waals surface area (Å²) in [5, 5.41) is 8.65. The molecule has 0 radical (unpaired) electrons. The van der Waals surface area contributed by atoms with Gasteiger partial charge in [0.15, 0.2) is 0 Å². The van der Waals surface area contributed by atoms with Gasteiger partial charge in [0.05, 0.1) is 6.10 Å². The van der Waals surface area contributed by atoms with E-state index in [1.807, 2.05) is 0 Å². The molecule has 0 aliphatic carbocycles. The van der Waals surface area contributed by atoms with Crippen LogP contribution in [0, 0.1) is 17.7 Å². The molecule has 1 aromatic heterocycles. The van der Waals surface area contributed by atoms with Crippen LogP contribution in [0.4, 0.5) is 8.78 Å². The van der Waals surface area contributed by atoms with Crippen LogP contribution in [0.1, 0.15) is 26.7 Å². The van der Waals surface area contributed by atoms with Crippen LogP contribution in [0.2, 0.25) is 0 Å². The maximum atomic E-state index is 13.2. The van der Waals surface area contributed by atoms with Gasteiger partial charge < -0.3 is 14.9 Å². The second kappa shape index (κ2) is 11.1. The quantitative estimate of drug-likeness (QED) is 0.653. The molecule has 2 rings (SSSR count). The third-order valence-electron chi connectivity index (χ3n) is 2.69. The van der Waals surface area contributed by atoms with E-state index in [1.54, 1.807) is 31.3 Å². The first-order valence-electron chi connectivity index (χ1n) is 6.85. The smallest absolute Gasteiger partial charge is 0.129 e. The molecule has 0 amide bonds. The Kier molecular flexibility index (Phi) is 10.4. The van der Waals surface area contributed by atoms with Crippen molar-refractivity contribution in [1.29, 1.82) is 0 Å². The number of halogens is 2. The van der Waals surface area contributed by atoms with E-state index in [-0.39, 0.29) is 38.5 Å². The molecule has 0 aliphatic heterocycles. The van der Waals surface area contributed by atoms with Crippen molar-refractivity contribution in [2.24, 2.45) is 0 Å². The topological polar surface area (TPSA) is 50.2 Å². The van der Waals surface area contributed by atoms with Crippen LogP contribution in [-0.2, 0) is 25.9 Å². The van der Waals surface area contributed by atoms with Crippen LogP contribution in [0.3, 0.4) is 0 Å².